The van der Waals surface area contributed by atoms with E-state index in [2.05, 4.69) is 183 Å². The Morgan fingerprint density at radius 3 is 1.04 bits per heavy atom. The number of anilines is 6. The van der Waals surface area contributed by atoms with Crippen LogP contribution in [-0.4, -0.2) is 0 Å². The van der Waals surface area contributed by atoms with Crippen molar-refractivity contribution in [2.24, 2.45) is 0 Å². The van der Waals surface area contributed by atoms with E-state index in [9.17, 15) is 0 Å². The summed E-state index contributed by atoms with van der Waals surface area (Å²) in [6.07, 6.45) is 0. The second kappa shape index (κ2) is 10.2. The van der Waals surface area contributed by atoms with Gasteiger partial charge in [0.1, 0.15) is 11.2 Å². The number of benzene rings is 7. The summed E-state index contributed by atoms with van der Waals surface area (Å²) in [5.41, 5.74) is 15.3. The molecule has 2 aliphatic rings. The van der Waals surface area contributed by atoms with Crippen LogP contribution in [-0.2, 0) is 10.8 Å². The van der Waals surface area contributed by atoms with Crippen LogP contribution in [0.15, 0.2) is 154 Å². The van der Waals surface area contributed by atoms with Gasteiger partial charge in [-0.25, -0.2) is 0 Å². The van der Waals surface area contributed by atoms with Gasteiger partial charge in [0.25, 0.3) is 0 Å². The highest BCUT2D eigenvalue weighted by molar-refractivity contribution is 6.19. The highest BCUT2D eigenvalue weighted by atomic mass is 16.4. The summed E-state index contributed by atoms with van der Waals surface area (Å²) in [4.78, 5) is 4.79. The molecular formula is C48H36N2O2. The Hall–Kier alpha value is -6.26. The third kappa shape index (κ3) is 3.81. The summed E-state index contributed by atoms with van der Waals surface area (Å²) < 4.78 is 13.3. The molecule has 0 fully saturated rings. The first-order valence-corrected chi connectivity index (χ1v) is 18.1. The lowest BCUT2D eigenvalue weighted by Crippen LogP contribution is -2.30. The Bertz CT molecular complexity index is 2640. The predicted octanol–water partition coefficient (Wildman–Crippen LogP) is 13.7. The molecule has 2 aromatic heterocycles. The van der Waals surface area contributed by atoms with E-state index in [0.717, 1.165) is 55.3 Å². The van der Waals surface area contributed by atoms with Gasteiger partial charge in [0.05, 0.1) is 22.7 Å². The van der Waals surface area contributed by atoms with Gasteiger partial charge in [0, 0.05) is 43.7 Å². The van der Waals surface area contributed by atoms with Crippen molar-refractivity contribution in [2.75, 3.05) is 9.80 Å². The van der Waals surface area contributed by atoms with Crippen molar-refractivity contribution in [3.05, 3.63) is 168 Å². The van der Waals surface area contributed by atoms with E-state index in [-0.39, 0.29) is 10.8 Å². The standard InChI is InChI=1S/C48H36N2O2/c1-47(2)35-13-5-9-17-39(35)49(40-18-10-6-14-36(40)47)29-21-25-43-33(27-29)31-23-24-32-34-28-30(22-26-44(34)52-46(32)45(31)51-43)50-41-19-11-7-15-37(41)48(3,4)38-16-8-12-20-42(38)50/h5-28H,1-4H3. The van der Waals surface area contributed by atoms with Crippen LogP contribution in [0.4, 0.5) is 34.1 Å². The third-order valence-electron chi connectivity index (χ3n) is 11.8. The van der Waals surface area contributed by atoms with Crippen LogP contribution in [0.25, 0.3) is 43.9 Å². The molecule has 0 aliphatic carbocycles. The first-order valence-electron chi connectivity index (χ1n) is 18.1. The SMILES string of the molecule is CC1(C)c2ccccc2N(c2ccc3oc4c(ccc5c6cc(N7c8ccccc8C(C)(C)c8ccccc87)ccc6oc54)c3c2)c2ccccc21. The van der Waals surface area contributed by atoms with Crippen molar-refractivity contribution in [3.63, 3.8) is 0 Å². The third-order valence-corrected chi connectivity index (χ3v) is 11.8. The lowest BCUT2D eigenvalue weighted by Gasteiger charge is -2.42. The molecule has 0 atom stereocenters. The molecule has 2 aliphatic heterocycles. The Morgan fingerprint density at radius 1 is 0.365 bits per heavy atom. The molecule has 7 aromatic carbocycles. The molecule has 4 heteroatoms. The molecule has 0 N–H and O–H groups in total. The van der Waals surface area contributed by atoms with Crippen LogP contribution in [0.1, 0.15) is 49.9 Å². The van der Waals surface area contributed by atoms with Crippen molar-refractivity contribution in [2.45, 2.75) is 38.5 Å². The number of hydrogen-bond donors (Lipinski definition) is 0. The number of nitrogens with zero attached hydrogens (tertiary/aromatic N) is 2. The molecule has 0 bridgehead atoms. The van der Waals surface area contributed by atoms with Crippen molar-refractivity contribution in [1.82, 2.24) is 0 Å². The van der Waals surface area contributed by atoms with E-state index in [1.165, 1.54) is 45.0 Å². The molecule has 4 heterocycles. The van der Waals surface area contributed by atoms with Gasteiger partial charge in [0.15, 0.2) is 11.2 Å². The van der Waals surface area contributed by atoms with Crippen LogP contribution in [0.5, 0.6) is 0 Å². The van der Waals surface area contributed by atoms with Crippen molar-refractivity contribution >= 4 is 78.0 Å². The monoisotopic (exact) mass is 672 g/mol. The Balaban J connectivity index is 1.07. The largest absolute Gasteiger partial charge is 0.452 e. The summed E-state index contributed by atoms with van der Waals surface area (Å²) in [5, 5.41) is 4.23. The maximum atomic E-state index is 6.65. The van der Waals surface area contributed by atoms with Crippen LogP contribution in [0, 0.1) is 0 Å². The van der Waals surface area contributed by atoms with Crippen LogP contribution < -0.4 is 9.80 Å². The minimum absolute atomic E-state index is 0.111. The maximum absolute atomic E-state index is 6.65. The zero-order valence-corrected chi connectivity index (χ0v) is 29.6. The molecule has 250 valence electrons. The molecule has 0 radical (unpaired) electrons. The minimum atomic E-state index is -0.111. The number of furan rings is 2. The highest BCUT2D eigenvalue weighted by Gasteiger charge is 2.38. The smallest absolute Gasteiger partial charge is 0.178 e. The van der Waals surface area contributed by atoms with Gasteiger partial charge in [-0.2, -0.15) is 0 Å². The minimum Gasteiger partial charge on any atom is -0.452 e. The van der Waals surface area contributed by atoms with Gasteiger partial charge in [-0.05, 0) is 95.1 Å². The second-order valence-electron chi connectivity index (χ2n) is 15.4. The van der Waals surface area contributed by atoms with E-state index >= 15 is 0 Å². The molecule has 9 aromatic rings. The van der Waals surface area contributed by atoms with E-state index in [1.54, 1.807) is 0 Å². The zero-order valence-electron chi connectivity index (χ0n) is 29.6. The topological polar surface area (TPSA) is 32.8 Å². The van der Waals surface area contributed by atoms with Crippen LogP contribution in [0.3, 0.4) is 0 Å². The Kier molecular flexibility index (Phi) is 5.76. The van der Waals surface area contributed by atoms with E-state index < -0.39 is 0 Å². The van der Waals surface area contributed by atoms with Gasteiger partial charge in [-0.15, -0.1) is 0 Å². The van der Waals surface area contributed by atoms with E-state index in [4.69, 9.17) is 8.83 Å². The molecule has 11 rings (SSSR count). The van der Waals surface area contributed by atoms with Gasteiger partial charge >= 0.3 is 0 Å². The quantitative estimate of drug-likeness (QED) is 0.183. The first-order chi connectivity index (χ1) is 25.3. The van der Waals surface area contributed by atoms with Crippen molar-refractivity contribution in [3.8, 4) is 0 Å². The van der Waals surface area contributed by atoms with Crippen molar-refractivity contribution in [1.29, 1.82) is 0 Å². The molecule has 0 unspecified atom stereocenters. The number of hydrogen-bond acceptors (Lipinski definition) is 4. The number of fused-ring (bicyclic) bond motifs is 11. The normalized spacial score (nSPS) is 15.5. The Labute approximate surface area is 302 Å². The average molecular weight is 673 g/mol. The second-order valence-corrected chi connectivity index (χ2v) is 15.4. The average Bonchev–Trinajstić information content (AvgIpc) is 3.73. The van der Waals surface area contributed by atoms with E-state index in [0.29, 0.717) is 0 Å². The number of rotatable bonds is 2. The zero-order chi connectivity index (χ0) is 34.9. The summed E-state index contributed by atoms with van der Waals surface area (Å²) in [7, 11) is 0. The molecule has 0 amide bonds. The molecule has 0 spiro atoms. The highest BCUT2D eigenvalue weighted by Crippen LogP contribution is 2.54. The lowest BCUT2D eigenvalue weighted by molar-refractivity contribution is 0.631. The van der Waals surface area contributed by atoms with E-state index in [1.807, 2.05) is 0 Å². The van der Waals surface area contributed by atoms with Gasteiger partial charge in [0.2, 0.25) is 0 Å². The fourth-order valence-electron chi connectivity index (χ4n) is 9.22. The summed E-state index contributed by atoms with van der Waals surface area (Å²) in [5.74, 6) is 0. The summed E-state index contributed by atoms with van der Waals surface area (Å²) >= 11 is 0. The fraction of sp³-hybridized carbons (Fsp3) is 0.125. The molecular weight excluding hydrogens is 637 g/mol. The van der Waals surface area contributed by atoms with Gasteiger partial charge in [-0.1, -0.05) is 100 Å². The predicted molar refractivity (Wildman–Crippen MR) is 215 cm³/mol. The van der Waals surface area contributed by atoms with Crippen LogP contribution in [0.2, 0.25) is 0 Å². The fourth-order valence-corrected chi connectivity index (χ4v) is 9.22. The molecule has 0 saturated heterocycles. The first kappa shape index (κ1) is 29.5. The maximum Gasteiger partial charge on any atom is 0.178 e. The number of para-hydroxylation sites is 4. The lowest BCUT2D eigenvalue weighted by atomic mass is 9.73. The molecule has 52 heavy (non-hydrogen) atoms. The van der Waals surface area contributed by atoms with Crippen LogP contribution >= 0.6 is 0 Å². The summed E-state index contributed by atoms with van der Waals surface area (Å²) in [6.45, 7) is 9.28. The van der Waals surface area contributed by atoms with Gasteiger partial charge in [-0.3, -0.25) is 0 Å². The molecule has 4 nitrogen and oxygen atoms in total. The van der Waals surface area contributed by atoms with Gasteiger partial charge < -0.3 is 18.6 Å². The van der Waals surface area contributed by atoms with Crippen molar-refractivity contribution < 1.29 is 8.83 Å². The summed E-state index contributed by atoms with van der Waals surface area (Å²) in [6, 6.07) is 52.6. The molecule has 0 saturated carbocycles. The Morgan fingerprint density at radius 2 is 0.692 bits per heavy atom.